The minimum atomic E-state index is -0.618. The highest BCUT2D eigenvalue weighted by molar-refractivity contribution is 6.33. The number of nitrogens with zero attached hydrogens (tertiary/aromatic N) is 3. The van der Waals surface area contributed by atoms with Crippen molar-refractivity contribution in [3.63, 3.8) is 0 Å². The first-order valence-corrected chi connectivity index (χ1v) is 9.17. The van der Waals surface area contributed by atoms with Crippen LogP contribution in [0.4, 0.5) is 0 Å². The molecule has 2 aromatic rings. The smallest absolute Gasteiger partial charge is 0.356 e. The van der Waals surface area contributed by atoms with Gasteiger partial charge < -0.3 is 9.47 Å². The summed E-state index contributed by atoms with van der Waals surface area (Å²) in [7, 11) is 1.26. The molecule has 1 aliphatic rings. The van der Waals surface area contributed by atoms with Crippen LogP contribution in [0.5, 0.6) is 0 Å². The van der Waals surface area contributed by atoms with Crippen molar-refractivity contribution in [2.45, 2.75) is 25.5 Å². The molecule has 2 aromatic heterocycles. The third kappa shape index (κ3) is 3.63. The summed E-state index contributed by atoms with van der Waals surface area (Å²) in [6.07, 6.45) is 6.71. The summed E-state index contributed by atoms with van der Waals surface area (Å²) >= 11 is 6.42. The Morgan fingerprint density at radius 2 is 2.14 bits per heavy atom. The highest BCUT2D eigenvalue weighted by Crippen LogP contribution is 2.32. The van der Waals surface area contributed by atoms with Gasteiger partial charge in [0.2, 0.25) is 0 Å². The molecule has 0 saturated carbocycles. The van der Waals surface area contributed by atoms with Crippen LogP contribution in [0.25, 0.3) is 23.3 Å². The maximum Gasteiger partial charge on any atom is 0.356 e. The molecule has 0 N–H and O–H groups in total. The van der Waals surface area contributed by atoms with Gasteiger partial charge in [-0.2, -0.15) is 9.78 Å². The number of ether oxygens (including phenoxy) is 2. The maximum atomic E-state index is 12.8. The minimum absolute atomic E-state index is 0.0238. The number of pyridine rings is 1. The molecule has 146 valence electrons. The molecule has 1 fully saturated rings. The molecule has 0 spiro atoms. The molecular formula is C20H20ClN3O4. The highest BCUT2D eigenvalue weighted by Gasteiger charge is 2.23. The van der Waals surface area contributed by atoms with E-state index < -0.39 is 17.8 Å². The predicted octanol–water partition coefficient (Wildman–Crippen LogP) is 3.73. The fourth-order valence-electron chi connectivity index (χ4n) is 3.13. The Bertz CT molecular complexity index is 994. The van der Waals surface area contributed by atoms with Crippen molar-refractivity contribution in [1.29, 1.82) is 0 Å². The van der Waals surface area contributed by atoms with Gasteiger partial charge in [0.25, 0.3) is 5.56 Å². The summed E-state index contributed by atoms with van der Waals surface area (Å²) in [6.45, 7) is 8.09. The molecule has 1 unspecified atom stereocenters. The fraction of sp³-hybridized carbons (Fsp3) is 0.300. The van der Waals surface area contributed by atoms with E-state index in [4.69, 9.17) is 21.1 Å². The SMILES string of the molecule is C=Cc1nc(C(=O)OC)cc(-c2cnn(C3CCCCO3)c(=O)c2Cl)c1C=C. The van der Waals surface area contributed by atoms with Crippen LogP contribution in [-0.4, -0.2) is 34.5 Å². The average molecular weight is 402 g/mol. The van der Waals surface area contributed by atoms with E-state index in [0.29, 0.717) is 35.4 Å². The van der Waals surface area contributed by atoms with Crippen molar-refractivity contribution in [3.8, 4) is 11.1 Å². The van der Waals surface area contributed by atoms with Crippen LogP contribution < -0.4 is 5.56 Å². The van der Waals surface area contributed by atoms with Crippen LogP contribution in [0.15, 0.2) is 30.2 Å². The summed E-state index contributed by atoms with van der Waals surface area (Å²) in [6, 6.07) is 1.50. The lowest BCUT2D eigenvalue weighted by Gasteiger charge is -2.23. The van der Waals surface area contributed by atoms with Crippen LogP contribution in [-0.2, 0) is 9.47 Å². The summed E-state index contributed by atoms with van der Waals surface area (Å²) in [5.74, 6) is -0.618. The van der Waals surface area contributed by atoms with Crippen molar-refractivity contribution in [3.05, 3.63) is 57.7 Å². The number of esters is 1. The minimum Gasteiger partial charge on any atom is -0.464 e. The quantitative estimate of drug-likeness (QED) is 0.710. The van der Waals surface area contributed by atoms with Crippen molar-refractivity contribution in [2.24, 2.45) is 0 Å². The van der Waals surface area contributed by atoms with Gasteiger partial charge in [0.1, 0.15) is 10.7 Å². The molecule has 1 atom stereocenters. The van der Waals surface area contributed by atoms with Gasteiger partial charge in [-0.1, -0.05) is 30.8 Å². The second-order valence-corrected chi connectivity index (χ2v) is 6.57. The van der Waals surface area contributed by atoms with Crippen LogP contribution in [0.1, 0.15) is 47.2 Å². The summed E-state index contributed by atoms with van der Waals surface area (Å²) in [5, 5.41) is 4.24. The summed E-state index contributed by atoms with van der Waals surface area (Å²) in [5.41, 5.74) is 1.46. The molecule has 0 amide bonds. The zero-order chi connectivity index (χ0) is 20.3. The van der Waals surface area contributed by atoms with E-state index in [9.17, 15) is 9.59 Å². The predicted molar refractivity (Wildman–Crippen MR) is 107 cm³/mol. The lowest BCUT2D eigenvalue weighted by molar-refractivity contribution is -0.0424. The zero-order valence-corrected chi connectivity index (χ0v) is 16.2. The molecule has 0 aliphatic carbocycles. The maximum absolute atomic E-state index is 12.8. The molecule has 0 aromatic carbocycles. The van der Waals surface area contributed by atoms with E-state index in [2.05, 4.69) is 23.2 Å². The molecular weight excluding hydrogens is 382 g/mol. The normalized spacial score (nSPS) is 16.4. The van der Waals surface area contributed by atoms with Crippen molar-refractivity contribution >= 4 is 29.7 Å². The summed E-state index contributed by atoms with van der Waals surface area (Å²) < 4.78 is 11.7. The largest absolute Gasteiger partial charge is 0.464 e. The van der Waals surface area contributed by atoms with Gasteiger partial charge in [-0.15, -0.1) is 0 Å². The first kappa shape index (κ1) is 20.0. The Hall–Kier alpha value is -2.77. The molecule has 0 radical (unpaired) electrons. The molecule has 3 rings (SSSR count). The number of carbonyl (C=O) groups excluding carboxylic acids is 1. The molecule has 0 bridgehead atoms. The summed E-state index contributed by atoms with van der Waals surface area (Å²) in [4.78, 5) is 29.1. The Morgan fingerprint density at radius 3 is 2.75 bits per heavy atom. The van der Waals surface area contributed by atoms with E-state index in [-0.39, 0.29) is 10.7 Å². The number of carbonyl (C=O) groups is 1. The number of hydrogen-bond acceptors (Lipinski definition) is 6. The Morgan fingerprint density at radius 1 is 1.36 bits per heavy atom. The lowest BCUT2D eigenvalue weighted by Crippen LogP contribution is -2.31. The average Bonchev–Trinajstić information content (AvgIpc) is 2.74. The monoisotopic (exact) mass is 401 g/mol. The number of hydrogen-bond donors (Lipinski definition) is 0. The van der Waals surface area contributed by atoms with E-state index in [0.717, 1.165) is 12.8 Å². The number of rotatable bonds is 5. The van der Waals surface area contributed by atoms with E-state index >= 15 is 0 Å². The first-order chi connectivity index (χ1) is 13.5. The molecule has 28 heavy (non-hydrogen) atoms. The fourth-order valence-corrected chi connectivity index (χ4v) is 3.37. The second kappa shape index (κ2) is 8.50. The van der Waals surface area contributed by atoms with Gasteiger partial charge in [-0.3, -0.25) is 4.79 Å². The second-order valence-electron chi connectivity index (χ2n) is 6.20. The first-order valence-electron chi connectivity index (χ1n) is 8.79. The van der Waals surface area contributed by atoms with Gasteiger partial charge in [0.15, 0.2) is 6.23 Å². The lowest BCUT2D eigenvalue weighted by atomic mass is 9.99. The molecule has 3 heterocycles. The topological polar surface area (TPSA) is 83.3 Å². The standard InChI is InChI=1S/C20H20ClN3O4/c1-4-12-13(10-16(20(26)27-3)23-15(12)5-2)14-11-22-24(19(25)18(14)21)17-8-6-7-9-28-17/h4-5,10-11,17H,1-2,6-9H2,3H3. The zero-order valence-electron chi connectivity index (χ0n) is 15.5. The Balaban J connectivity index is 2.18. The molecule has 7 nitrogen and oxygen atoms in total. The van der Waals surface area contributed by atoms with E-state index in [1.165, 1.54) is 30.1 Å². The van der Waals surface area contributed by atoms with Gasteiger partial charge in [0.05, 0.1) is 19.0 Å². The van der Waals surface area contributed by atoms with Crippen molar-refractivity contribution in [1.82, 2.24) is 14.8 Å². The van der Waals surface area contributed by atoms with Gasteiger partial charge in [0, 0.05) is 17.7 Å². The third-order valence-electron chi connectivity index (χ3n) is 4.54. The van der Waals surface area contributed by atoms with E-state index in [1.54, 1.807) is 6.08 Å². The van der Waals surface area contributed by atoms with Crippen molar-refractivity contribution in [2.75, 3.05) is 13.7 Å². The Labute approximate surface area is 167 Å². The number of methoxy groups -OCH3 is 1. The van der Waals surface area contributed by atoms with Crippen LogP contribution >= 0.6 is 11.6 Å². The van der Waals surface area contributed by atoms with Gasteiger partial charge in [-0.25, -0.2) is 9.78 Å². The Kier molecular flexibility index (Phi) is 6.06. The van der Waals surface area contributed by atoms with Gasteiger partial charge >= 0.3 is 5.97 Å². The number of halogens is 1. The third-order valence-corrected chi connectivity index (χ3v) is 4.91. The van der Waals surface area contributed by atoms with Crippen LogP contribution in [0.2, 0.25) is 5.02 Å². The molecule has 8 heteroatoms. The van der Waals surface area contributed by atoms with Gasteiger partial charge in [-0.05, 0) is 37.0 Å². The van der Waals surface area contributed by atoms with E-state index in [1.807, 2.05) is 0 Å². The number of aromatic nitrogens is 3. The van der Waals surface area contributed by atoms with Crippen molar-refractivity contribution < 1.29 is 14.3 Å². The highest BCUT2D eigenvalue weighted by atomic mass is 35.5. The van der Waals surface area contributed by atoms with Crippen LogP contribution in [0.3, 0.4) is 0 Å². The molecule has 1 saturated heterocycles. The molecule has 1 aliphatic heterocycles. The van der Waals surface area contributed by atoms with Crippen LogP contribution in [0, 0.1) is 0 Å².